The van der Waals surface area contributed by atoms with E-state index in [0.29, 0.717) is 13.0 Å². The molecule has 1 aliphatic heterocycles. The minimum absolute atomic E-state index is 0.447. The molecular formula is C14H18N2O3. The Bertz CT molecular complexity index is 494. The van der Waals surface area contributed by atoms with Crippen molar-refractivity contribution in [1.29, 1.82) is 0 Å². The van der Waals surface area contributed by atoms with Crippen molar-refractivity contribution in [2.75, 3.05) is 6.54 Å². The summed E-state index contributed by atoms with van der Waals surface area (Å²) in [5.74, 6) is 0. The Labute approximate surface area is 112 Å². The van der Waals surface area contributed by atoms with E-state index in [1.54, 1.807) is 33.0 Å². The van der Waals surface area contributed by atoms with Gasteiger partial charge in [-0.2, -0.15) is 0 Å². The summed E-state index contributed by atoms with van der Waals surface area (Å²) in [6, 6.07) is 3.00. The van der Waals surface area contributed by atoms with Gasteiger partial charge >= 0.3 is 6.09 Å². The third-order valence-electron chi connectivity index (χ3n) is 2.93. The van der Waals surface area contributed by atoms with Crippen LogP contribution >= 0.6 is 0 Å². The Kier molecular flexibility index (Phi) is 3.55. The van der Waals surface area contributed by atoms with E-state index in [4.69, 9.17) is 4.74 Å². The molecule has 1 amide bonds. The Morgan fingerprint density at radius 2 is 2.26 bits per heavy atom. The zero-order valence-corrected chi connectivity index (χ0v) is 11.4. The van der Waals surface area contributed by atoms with Crippen LogP contribution in [0.3, 0.4) is 0 Å². The molecule has 0 aliphatic carbocycles. The van der Waals surface area contributed by atoms with Crippen molar-refractivity contribution in [1.82, 2.24) is 9.88 Å². The van der Waals surface area contributed by atoms with Crippen LogP contribution in [0.15, 0.2) is 18.3 Å². The molecule has 1 aliphatic rings. The molecule has 0 radical (unpaired) electrons. The molecule has 1 unspecified atom stereocenters. The van der Waals surface area contributed by atoms with Crippen LogP contribution < -0.4 is 0 Å². The fourth-order valence-electron chi connectivity index (χ4n) is 2.13. The van der Waals surface area contributed by atoms with Crippen LogP contribution in [-0.4, -0.2) is 34.4 Å². The summed E-state index contributed by atoms with van der Waals surface area (Å²) in [7, 11) is 0. The van der Waals surface area contributed by atoms with Crippen LogP contribution in [0.25, 0.3) is 0 Å². The molecule has 0 spiro atoms. The number of fused-ring (bicyclic) bond motifs is 1. The number of aromatic nitrogens is 1. The normalized spacial score (nSPS) is 18.7. The number of ether oxygens (including phenoxy) is 1. The maximum Gasteiger partial charge on any atom is 0.411 e. The van der Waals surface area contributed by atoms with Crippen LogP contribution in [-0.2, 0) is 16.0 Å². The lowest BCUT2D eigenvalue weighted by molar-refractivity contribution is -0.113. The average molecular weight is 262 g/mol. The summed E-state index contributed by atoms with van der Waals surface area (Å²) in [6.07, 6.45) is 2.65. The summed E-state index contributed by atoms with van der Waals surface area (Å²) in [6.45, 7) is 5.86. The zero-order chi connectivity index (χ0) is 14.0. The van der Waals surface area contributed by atoms with Gasteiger partial charge in [0.2, 0.25) is 0 Å². The Morgan fingerprint density at radius 3 is 2.89 bits per heavy atom. The monoisotopic (exact) mass is 262 g/mol. The summed E-state index contributed by atoms with van der Waals surface area (Å²) < 4.78 is 5.33. The van der Waals surface area contributed by atoms with Gasteiger partial charge in [0.15, 0.2) is 0 Å². The molecule has 5 nitrogen and oxygen atoms in total. The predicted molar refractivity (Wildman–Crippen MR) is 69.7 cm³/mol. The minimum Gasteiger partial charge on any atom is -0.444 e. The molecule has 0 N–H and O–H groups in total. The van der Waals surface area contributed by atoms with Gasteiger partial charge in [0.05, 0.1) is 0 Å². The molecule has 1 atom stereocenters. The second-order valence-electron chi connectivity index (χ2n) is 5.54. The van der Waals surface area contributed by atoms with Crippen LogP contribution in [0.4, 0.5) is 4.79 Å². The first kappa shape index (κ1) is 13.5. The lowest BCUT2D eigenvalue weighted by atomic mass is 9.98. The Balaban J connectivity index is 2.25. The number of amides is 1. The number of aldehydes is 1. The fraction of sp³-hybridized carbons (Fsp3) is 0.500. The maximum atomic E-state index is 12.1. The van der Waals surface area contributed by atoms with Gasteiger partial charge in [0, 0.05) is 30.4 Å². The quantitative estimate of drug-likeness (QED) is 0.727. The minimum atomic E-state index is -0.604. The largest absolute Gasteiger partial charge is 0.444 e. The molecule has 1 aromatic heterocycles. The smallest absolute Gasteiger partial charge is 0.411 e. The van der Waals surface area contributed by atoms with Crippen molar-refractivity contribution in [3.05, 3.63) is 29.6 Å². The first-order valence-corrected chi connectivity index (χ1v) is 6.31. The van der Waals surface area contributed by atoms with E-state index < -0.39 is 17.7 Å². The Morgan fingerprint density at radius 1 is 1.53 bits per heavy atom. The summed E-state index contributed by atoms with van der Waals surface area (Å²) in [4.78, 5) is 29.2. The molecule has 2 heterocycles. The number of nitrogens with zero attached hydrogens (tertiary/aromatic N) is 2. The fourth-order valence-corrected chi connectivity index (χ4v) is 2.13. The van der Waals surface area contributed by atoms with Crippen molar-refractivity contribution < 1.29 is 14.3 Å². The van der Waals surface area contributed by atoms with Crippen molar-refractivity contribution in [2.24, 2.45) is 0 Å². The molecule has 5 heteroatoms. The van der Waals surface area contributed by atoms with E-state index in [1.165, 1.54) is 4.90 Å². The van der Waals surface area contributed by atoms with Crippen molar-refractivity contribution in [3.8, 4) is 0 Å². The second kappa shape index (κ2) is 4.99. The highest BCUT2D eigenvalue weighted by Crippen LogP contribution is 2.28. The average Bonchev–Trinajstić information content (AvgIpc) is 2.35. The molecule has 102 valence electrons. The summed E-state index contributed by atoms with van der Waals surface area (Å²) in [5, 5.41) is 0. The highest BCUT2D eigenvalue weighted by atomic mass is 16.6. The topological polar surface area (TPSA) is 59.5 Å². The third-order valence-corrected chi connectivity index (χ3v) is 2.93. The van der Waals surface area contributed by atoms with Gasteiger partial charge in [-0.25, -0.2) is 4.79 Å². The van der Waals surface area contributed by atoms with Crippen LogP contribution in [0.5, 0.6) is 0 Å². The van der Waals surface area contributed by atoms with E-state index >= 15 is 0 Å². The molecule has 1 aromatic rings. The lowest BCUT2D eigenvalue weighted by Crippen LogP contribution is -2.43. The van der Waals surface area contributed by atoms with Crippen molar-refractivity contribution in [2.45, 2.75) is 38.8 Å². The van der Waals surface area contributed by atoms with Crippen molar-refractivity contribution in [3.63, 3.8) is 0 Å². The number of hydrogen-bond acceptors (Lipinski definition) is 4. The Hall–Kier alpha value is -1.91. The molecule has 0 fully saturated rings. The summed E-state index contributed by atoms with van der Waals surface area (Å²) in [5.41, 5.74) is 1.09. The van der Waals surface area contributed by atoms with Gasteiger partial charge in [-0.05, 0) is 26.8 Å². The highest BCUT2D eigenvalue weighted by Gasteiger charge is 2.33. The molecule has 2 rings (SSSR count). The van der Waals surface area contributed by atoms with E-state index in [2.05, 4.69) is 4.98 Å². The first-order chi connectivity index (χ1) is 8.92. The second-order valence-corrected chi connectivity index (χ2v) is 5.54. The molecule has 19 heavy (non-hydrogen) atoms. The molecular weight excluding hydrogens is 244 g/mol. The number of carbonyl (C=O) groups excluding carboxylic acids is 2. The van der Waals surface area contributed by atoms with Gasteiger partial charge < -0.3 is 9.53 Å². The van der Waals surface area contributed by atoms with E-state index in [-0.39, 0.29) is 0 Å². The first-order valence-electron chi connectivity index (χ1n) is 6.31. The molecule has 0 aromatic carbocycles. The lowest BCUT2D eigenvalue weighted by Gasteiger charge is -2.34. The molecule has 0 saturated carbocycles. The number of pyridine rings is 1. The van der Waals surface area contributed by atoms with Crippen LogP contribution in [0, 0.1) is 0 Å². The van der Waals surface area contributed by atoms with E-state index in [0.717, 1.165) is 17.5 Å². The highest BCUT2D eigenvalue weighted by molar-refractivity contribution is 5.76. The van der Waals surface area contributed by atoms with E-state index in [9.17, 15) is 9.59 Å². The van der Waals surface area contributed by atoms with Gasteiger partial charge in [-0.15, -0.1) is 0 Å². The van der Waals surface area contributed by atoms with Gasteiger partial charge in [-0.3, -0.25) is 9.88 Å². The van der Waals surface area contributed by atoms with Crippen molar-refractivity contribution >= 4 is 12.4 Å². The SMILES string of the molecule is CC(C)(C)OC(=O)N1CCc2ncccc2C1C=O. The number of hydrogen-bond donors (Lipinski definition) is 0. The van der Waals surface area contributed by atoms with Gasteiger partial charge in [0.25, 0.3) is 0 Å². The standard InChI is InChI=1S/C14H18N2O3/c1-14(2,3)19-13(18)16-8-6-11-10(12(16)9-17)5-4-7-15-11/h4-5,7,9,12H,6,8H2,1-3H3. The number of carbonyl (C=O) groups is 2. The van der Waals surface area contributed by atoms with Crippen LogP contribution in [0.1, 0.15) is 38.1 Å². The van der Waals surface area contributed by atoms with Crippen LogP contribution in [0.2, 0.25) is 0 Å². The van der Waals surface area contributed by atoms with Gasteiger partial charge in [-0.1, -0.05) is 6.07 Å². The molecule has 0 bridgehead atoms. The zero-order valence-electron chi connectivity index (χ0n) is 11.4. The number of rotatable bonds is 1. The predicted octanol–water partition coefficient (Wildman–Crippen LogP) is 2.11. The molecule has 0 saturated heterocycles. The van der Waals surface area contributed by atoms with Gasteiger partial charge in [0.1, 0.15) is 17.9 Å². The third kappa shape index (κ3) is 2.92. The summed E-state index contributed by atoms with van der Waals surface area (Å²) >= 11 is 0. The van der Waals surface area contributed by atoms with E-state index in [1.807, 2.05) is 6.07 Å². The maximum absolute atomic E-state index is 12.1.